The summed E-state index contributed by atoms with van der Waals surface area (Å²) in [5, 5.41) is 37.9. The number of unbranched alkanes of at least 4 members (excludes halogenated alkanes) is 8. The van der Waals surface area contributed by atoms with Gasteiger partial charge < -0.3 is 97.6 Å². The van der Waals surface area contributed by atoms with E-state index in [2.05, 4.69) is 126 Å². The molecule has 12 aromatic rings. The van der Waals surface area contributed by atoms with Crippen LogP contribution in [0.3, 0.4) is 0 Å². The molecule has 8 aromatic heterocycles. The SMILES string of the molecule is CCCCCN.CCCCCNc1nc(N)nc2ccn(Cc3cc(CC#N)ccc3OC)c12.CCCCCNc1nc(N)nc2ccn(Cc3cc(CC(=O)O)ccc3OC)c12.CCCCCNc1nc(N)nc2ccn(Cc3cc(CC(=O)OC)ccc3OC)c12.COc1ccc(CC#N)cc1CBr.Nc1nc(Cl)c2[nH]ccc2n1.[Na+].[OH-]. The number of hydrogen-bond acceptors (Lipinski definition) is 26. The van der Waals surface area contributed by atoms with E-state index in [9.17, 15) is 9.59 Å². The Morgan fingerprint density at radius 2 is 0.832 bits per heavy atom. The van der Waals surface area contributed by atoms with Crippen LogP contribution < -0.4 is 93.1 Å². The number of nitrogen functional groups attached to an aromatic ring is 4. The molecule has 0 unspecified atom stereocenters. The predicted octanol–water partition coefficient (Wildman–Crippen LogP) is 12.2. The van der Waals surface area contributed by atoms with Crippen LogP contribution in [0.1, 0.15) is 149 Å². The molecule has 0 aliphatic carbocycles. The molecular weight excluding hydrogens is 1610 g/mol. The summed E-state index contributed by atoms with van der Waals surface area (Å²) < 4.78 is 32.7. The average molecular weight is 1720 g/mol. The van der Waals surface area contributed by atoms with Crippen LogP contribution in [0.5, 0.6) is 23.0 Å². The largest absolute Gasteiger partial charge is 1.00 e. The zero-order valence-corrected chi connectivity index (χ0v) is 74.1. The van der Waals surface area contributed by atoms with Crippen molar-refractivity contribution in [1.29, 1.82) is 10.5 Å². The Labute approximate surface area is 730 Å². The van der Waals surface area contributed by atoms with Gasteiger partial charge in [-0.2, -0.15) is 30.5 Å². The number of carbonyl (C=O) groups is 2. The average Bonchev–Trinajstić information content (AvgIpc) is 1.68. The van der Waals surface area contributed by atoms with Crippen molar-refractivity contribution in [2.24, 2.45) is 5.73 Å². The molecule has 8 heterocycles. The van der Waals surface area contributed by atoms with Crippen LogP contribution in [0.25, 0.3) is 44.1 Å². The van der Waals surface area contributed by atoms with Crippen molar-refractivity contribution >= 4 is 125 Å². The number of aliphatic carboxylic acids is 1. The number of nitrogens with one attached hydrogen (secondary N) is 4. The molecule has 0 saturated heterocycles. The molecule has 16 N–H and O–H groups in total. The number of anilines is 7. The molecule has 0 aliphatic rings. The van der Waals surface area contributed by atoms with Crippen LogP contribution in [-0.2, 0) is 65.0 Å². The van der Waals surface area contributed by atoms with E-state index in [1.807, 2.05) is 102 Å². The molecule has 0 bridgehead atoms. The van der Waals surface area contributed by atoms with Crippen LogP contribution >= 0.6 is 27.5 Å². The second-order valence-electron chi connectivity index (χ2n) is 27.0. The monoisotopic (exact) mass is 1720 g/mol. The van der Waals surface area contributed by atoms with Gasteiger partial charge in [-0.1, -0.05) is 137 Å². The van der Waals surface area contributed by atoms with Gasteiger partial charge in [0.2, 0.25) is 23.8 Å². The van der Waals surface area contributed by atoms with Gasteiger partial charge in [-0.3, -0.25) is 9.59 Å². The molecule has 0 amide bonds. The van der Waals surface area contributed by atoms with Gasteiger partial charge in [0.05, 0.1) is 115 Å². The topological polar surface area (TPSA) is 478 Å². The summed E-state index contributed by atoms with van der Waals surface area (Å²) in [4.78, 5) is 59.7. The fourth-order valence-electron chi connectivity index (χ4n) is 12.6. The minimum absolute atomic E-state index is 0. The number of alkyl halides is 1. The Morgan fingerprint density at radius 1 is 0.487 bits per heavy atom. The van der Waals surface area contributed by atoms with Gasteiger partial charge in [-0.05, 0) is 121 Å². The zero-order valence-electron chi connectivity index (χ0n) is 69.7. The number of nitriles is 2. The summed E-state index contributed by atoms with van der Waals surface area (Å²) in [6, 6.07) is 34.7. The number of ether oxygens (including phenoxy) is 5. The first-order valence-electron chi connectivity index (χ1n) is 39.0. The van der Waals surface area contributed by atoms with E-state index in [0.717, 1.165) is 200 Å². The minimum atomic E-state index is -0.866. The predicted molar refractivity (Wildman–Crippen MR) is 471 cm³/mol. The fraction of sp³-hybridized carbons (Fsp3) is 0.388. The number of fused-ring (bicyclic) bond motifs is 4. The quantitative estimate of drug-likeness (QED) is 0.00580. The number of nitrogens with two attached hydrogens (primary N) is 5. The summed E-state index contributed by atoms with van der Waals surface area (Å²) in [6.45, 7) is 13.6. The van der Waals surface area contributed by atoms with Gasteiger partial charge in [0.15, 0.2) is 22.6 Å². The van der Waals surface area contributed by atoms with Crippen molar-refractivity contribution in [3.8, 4) is 35.1 Å². The number of hydrogen-bond donors (Lipinski definition) is 10. The van der Waals surface area contributed by atoms with E-state index in [1.54, 1.807) is 52.8 Å². The third-order valence-corrected chi connectivity index (χ3v) is 19.2. The first-order valence-corrected chi connectivity index (χ1v) is 40.5. The molecule has 119 heavy (non-hydrogen) atoms. The fourth-order valence-corrected chi connectivity index (χ4v) is 13.3. The van der Waals surface area contributed by atoms with E-state index in [0.29, 0.717) is 49.2 Å². The number of carboxylic acids is 1. The van der Waals surface area contributed by atoms with Crippen LogP contribution in [0.15, 0.2) is 122 Å². The van der Waals surface area contributed by atoms with Crippen molar-refractivity contribution in [3.05, 3.63) is 172 Å². The maximum absolute atomic E-state index is 11.7. The number of aromatic nitrogens is 12. The number of aromatic amines is 1. The molecule has 0 saturated carbocycles. The summed E-state index contributed by atoms with van der Waals surface area (Å²) >= 11 is 9.11. The van der Waals surface area contributed by atoms with Gasteiger partial charge in [-0.25, -0.2) is 19.9 Å². The van der Waals surface area contributed by atoms with Gasteiger partial charge in [0.1, 0.15) is 45.1 Å². The number of rotatable bonds is 35. The van der Waals surface area contributed by atoms with Gasteiger partial charge in [0, 0.05) is 72.0 Å². The number of methoxy groups -OCH3 is 5. The molecule has 0 fully saturated rings. The van der Waals surface area contributed by atoms with Crippen molar-refractivity contribution in [1.82, 2.24) is 58.6 Å². The molecule has 630 valence electrons. The van der Waals surface area contributed by atoms with Gasteiger partial charge in [-0.15, -0.1) is 0 Å². The van der Waals surface area contributed by atoms with Crippen LogP contribution in [0.4, 0.5) is 41.2 Å². The summed E-state index contributed by atoms with van der Waals surface area (Å²) in [5.41, 5.74) is 42.2. The number of carbonyl (C=O) groups excluding carboxylic acids is 1. The third-order valence-electron chi connectivity index (χ3n) is 18.3. The first-order chi connectivity index (χ1) is 56.7. The molecule has 0 atom stereocenters. The van der Waals surface area contributed by atoms with Crippen molar-refractivity contribution in [3.63, 3.8) is 0 Å². The Kier molecular flexibility index (Phi) is 43.4. The number of esters is 1. The summed E-state index contributed by atoms with van der Waals surface area (Å²) in [5.74, 6) is 5.07. The van der Waals surface area contributed by atoms with Crippen molar-refractivity contribution in [2.75, 3.05) is 101 Å². The van der Waals surface area contributed by atoms with E-state index in [-0.39, 0.29) is 77.6 Å². The first kappa shape index (κ1) is 98.3. The molecule has 31 nitrogen and oxygen atoms in total. The molecule has 34 heteroatoms. The van der Waals surface area contributed by atoms with Crippen LogP contribution in [0, 0.1) is 22.7 Å². The number of carboxylic acid groups (broad SMARTS) is 1. The van der Waals surface area contributed by atoms with E-state index >= 15 is 0 Å². The Morgan fingerprint density at radius 3 is 1.18 bits per heavy atom. The number of H-pyrrole nitrogens is 1. The normalized spacial score (nSPS) is 10.4. The summed E-state index contributed by atoms with van der Waals surface area (Å²) in [6.07, 6.45) is 22.5. The molecule has 4 aromatic carbocycles. The van der Waals surface area contributed by atoms with Crippen LogP contribution in [-0.4, -0.2) is 143 Å². The van der Waals surface area contributed by atoms with E-state index in [4.69, 9.17) is 79.6 Å². The van der Waals surface area contributed by atoms with E-state index in [1.165, 1.54) is 32.8 Å². The van der Waals surface area contributed by atoms with E-state index < -0.39 is 5.97 Å². The Balaban J connectivity index is 0.000000269. The van der Waals surface area contributed by atoms with Gasteiger partial charge in [0.25, 0.3) is 0 Å². The van der Waals surface area contributed by atoms with Gasteiger partial charge >= 0.3 is 41.5 Å². The second kappa shape index (κ2) is 52.5. The molecule has 0 spiro atoms. The minimum Gasteiger partial charge on any atom is -0.870 e. The second-order valence-corrected chi connectivity index (χ2v) is 28.0. The smallest absolute Gasteiger partial charge is 0.870 e. The Bertz CT molecular complexity index is 5240. The zero-order chi connectivity index (χ0) is 84.6. The maximum Gasteiger partial charge on any atom is 1.00 e. The van der Waals surface area contributed by atoms with Crippen molar-refractivity contribution in [2.45, 2.75) is 155 Å². The van der Waals surface area contributed by atoms with Crippen molar-refractivity contribution < 1.29 is 73.4 Å². The Hall–Kier alpha value is -11.2. The number of halogens is 2. The third kappa shape index (κ3) is 30.3. The number of nitrogens with zero attached hydrogens (tertiary/aromatic N) is 13. The molecule has 12 rings (SSSR count). The number of benzene rings is 4. The van der Waals surface area contributed by atoms with Crippen LogP contribution in [0.2, 0.25) is 5.15 Å². The molecule has 0 aliphatic heterocycles. The standard InChI is InChI=1S/C22H29N5O3.C21H26N6O.C21H27N5O3.C10H10BrNO.C6H5ClN4.C5H13N.Na.H2O/c1-4-5-6-10-24-21-20-17(25-22(23)26-21)9-11-27(20)14-16-12-15(13-19(28)30-3)7-8-18(16)29-2;1-3-4-5-11-24-20-19-17(25-21(23)26-20)9-12-27(19)14-16-13-15(8-10-22)6-7-18(16)28-2;1-3-4-5-9-23-20-19-16(24-21(22)25-20)8-10-26(19)13-15-11-14(12-18(27)28)6-7-17(15)29-2;1-13-10-3-2-8(4-5-12)6-9(10)7-11;7-5-4-3(1-2-9-4)10-6(8)11-5;1-2-3-4-5-6;;/h7-9,11-12H,4-6,10,13-14H2,1-3H3,(H3,23,24,25,26);6-7,9,12-13H,3-5,8,11,14H2,1-2H3,(H3,23,24,25,26);6-8,10-11H,3-5,9,12-13H2,1-2H3,(H,27,28)(H3,22,23,24,25);2-3,6H,4,7H2,1H3;1-2,9H,(H2,8,10,11);2-6H2,1H3;;1H2/q;;;;;;+1;/p-1. The molecular formula is C85H111BrClN22NaO9. The summed E-state index contributed by atoms with van der Waals surface area (Å²) in [7, 11) is 7.93. The maximum atomic E-state index is 11.7. The molecule has 0 radical (unpaired) electrons.